The topological polar surface area (TPSA) is 33.2 Å². The van der Waals surface area contributed by atoms with Gasteiger partial charge in [-0.25, -0.2) is 4.98 Å². The largest absolute Gasteiger partial charge is 0.295 e. The van der Waals surface area contributed by atoms with Crippen LogP contribution in [0.5, 0.6) is 0 Å². The van der Waals surface area contributed by atoms with Crippen molar-refractivity contribution >= 4 is 50.2 Å². The third-order valence-electron chi connectivity index (χ3n) is 2.53. The SMILES string of the molecule is C=CC1CC(=O)N(c2ncc(Br)cc2I)C1. The number of hydrogen-bond donors (Lipinski definition) is 0. The predicted molar refractivity (Wildman–Crippen MR) is 75.3 cm³/mol. The third-order valence-corrected chi connectivity index (χ3v) is 3.76. The lowest BCUT2D eigenvalue weighted by Gasteiger charge is -2.16. The molecule has 1 aromatic heterocycles. The molecule has 0 N–H and O–H groups in total. The summed E-state index contributed by atoms with van der Waals surface area (Å²) >= 11 is 5.55. The molecule has 1 saturated heterocycles. The fraction of sp³-hybridized carbons (Fsp3) is 0.273. The third kappa shape index (κ3) is 2.29. The van der Waals surface area contributed by atoms with Crippen molar-refractivity contribution in [1.29, 1.82) is 0 Å². The molecule has 84 valence electrons. The summed E-state index contributed by atoms with van der Waals surface area (Å²) in [5.74, 6) is 1.12. The van der Waals surface area contributed by atoms with E-state index in [2.05, 4.69) is 50.1 Å². The van der Waals surface area contributed by atoms with E-state index in [4.69, 9.17) is 0 Å². The summed E-state index contributed by atoms with van der Waals surface area (Å²) in [5, 5.41) is 0. The van der Waals surface area contributed by atoms with Gasteiger partial charge in [0.05, 0.1) is 3.57 Å². The molecule has 1 aromatic rings. The van der Waals surface area contributed by atoms with Crippen molar-refractivity contribution in [2.75, 3.05) is 11.4 Å². The fourth-order valence-corrected chi connectivity index (χ4v) is 3.23. The van der Waals surface area contributed by atoms with Gasteiger partial charge in [-0.2, -0.15) is 0 Å². The Hall–Kier alpha value is -0.430. The van der Waals surface area contributed by atoms with Crippen LogP contribution in [0.4, 0.5) is 5.82 Å². The van der Waals surface area contributed by atoms with Crippen molar-refractivity contribution in [3.05, 3.63) is 33.0 Å². The number of carbonyl (C=O) groups excluding carboxylic acids is 1. The molecule has 1 aliphatic rings. The van der Waals surface area contributed by atoms with Gasteiger partial charge in [0.2, 0.25) is 5.91 Å². The van der Waals surface area contributed by atoms with E-state index < -0.39 is 0 Å². The molecular formula is C11H10BrIN2O. The van der Waals surface area contributed by atoms with Crippen molar-refractivity contribution in [3.63, 3.8) is 0 Å². The molecule has 0 radical (unpaired) electrons. The lowest BCUT2D eigenvalue weighted by Crippen LogP contribution is -2.26. The Labute approximate surface area is 116 Å². The van der Waals surface area contributed by atoms with Gasteiger partial charge < -0.3 is 0 Å². The van der Waals surface area contributed by atoms with E-state index in [1.807, 2.05) is 12.1 Å². The van der Waals surface area contributed by atoms with Gasteiger partial charge in [-0.1, -0.05) is 6.08 Å². The maximum Gasteiger partial charge on any atom is 0.228 e. The van der Waals surface area contributed by atoms with Crippen LogP contribution in [0.2, 0.25) is 0 Å². The highest BCUT2D eigenvalue weighted by Gasteiger charge is 2.30. The summed E-state index contributed by atoms with van der Waals surface area (Å²) in [7, 11) is 0. The van der Waals surface area contributed by atoms with E-state index >= 15 is 0 Å². The zero-order valence-corrected chi connectivity index (χ0v) is 12.2. The van der Waals surface area contributed by atoms with Crippen molar-refractivity contribution in [2.45, 2.75) is 6.42 Å². The number of pyridine rings is 1. The first-order valence-corrected chi connectivity index (χ1v) is 6.73. The zero-order valence-electron chi connectivity index (χ0n) is 8.49. The fourth-order valence-electron chi connectivity index (χ4n) is 1.70. The molecule has 2 heterocycles. The molecular weight excluding hydrogens is 383 g/mol. The van der Waals surface area contributed by atoms with E-state index in [1.54, 1.807) is 11.1 Å². The van der Waals surface area contributed by atoms with Crippen LogP contribution in [0.3, 0.4) is 0 Å². The molecule has 16 heavy (non-hydrogen) atoms. The minimum absolute atomic E-state index is 0.123. The second-order valence-electron chi connectivity index (χ2n) is 3.66. The van der Waals surface area contributed by atoms with Crippen molar-refractivity contribution in [2.24, 2.45) is 5.92 Å². The molecule has 1 aliphatic heterocycles. The van der Waals surface area contributed by atoms with E-state index in [0.717, 1.165) is 13.9 Å². The van der Waals surface area contributed by atoms with Crippen LogP contribution in [-0.4, -0.2) is 17.4 Å². The maximum absolute atomic E-state index is 11.8. The Bertz CT molecular complexity index is 450. The molecule has 0 bridgehead atoms. The monoisotopic (exact) mass is 392 g/mol. The highest BCUT2D eigenvalue weighted by Crippen LogP contribution is 2.29. The van der Waals surface area contributed by atoms with Crippen LogP contribution >= 0.6 is 38.5 Å². The maximum atomic E-state index is 11.8. The lowest BCUT2D eigenvalue weighted by atomic mass is 10.1. The number of nitrogens with zero attached hydrogens (tertiary/aromatic N) is 2. The van der Waals surface area contributed by atoms with E-state index in [-0.39, 0.29) is 11.8 Å². The summed E-state index contributed by atoms with van der Waals surface area (Å²) in [6.07, 6.45) is 4.09. The molecule has 1 fully saturated rings. The van der Waals surface area contributed by atoms with Crippen LogP contribution in [0, 0.1) is 9.49 Å². The van der Waals surface area contributed by atoms with Gasteiger partial charge in [-0.05, 0) is 44.6 Å². The molecule has 1 unspecified atom stereocenters. The molecule has 5 heteroatoms. The van der Waals surface area contributed by atoms with Gasteiger partial charge in [0.1, 0.15) is 5.82 Å². The van der Waals surface area contributed by atoms with Gasteiger partial charge in [0, 0.05) is 29.6 Å². The number of aromatic nitrogens is 1. The first-order chi connectivity index (χ1) is 7.61. The minimum Gasteiger partial charge on any atom is -0.295 e. The van der Waals surface area contributed by atoms with Gasteiger partial charge in [0.15, 0.2) is 0 Å². The number of carbonyl (C=O) groups is 1. The van der Waals surface area contributed by atoms with Gasteiger partial charge in [-0.15, -0.1) is 6.58 Å². The Morgan fingerprint density at radius 3 is 3.00 bits per heavy atom. The van der Waals surface area contributed by atoms with E-state index in [1.165, 1.54) is 0 Å². The molecule has 0 saturated carbocycles. The summed E-state index contributed by atoms with van der Waals surface area (Å²) in [5.41, 5.74) is 0. The number of amides is 1. The van der Waals surface area contributed by atoms with Crippen LogP contribution in [0.25, 0.3) is 0 Å². The lowest BCUT2D eigenvalue weighted by molar-refractivity contribution is -0.117. The van der Waals surface area contributed by atoms with Crippen molar-refractivity contribution in [3.8, 4) is 0 Å². The average molecular weight is 393 g/mol. The van der Waals surface area contributed by atoms with E-state index in [0.29, 0.717) is 13.0 Å². The first kappa shape index (κ1) is 12.0. The number of rotatable bonds is 2. The molecule has 2 rings (SSSR count). The first-order valence-electron chi connectivity index (χ1n) is 4.85. The van der Waals surface area contributed by atoms with Crippen molar-refractivity contribution in [1.82, 2.24) is 4.98 Å². The predicted octanol–water partition coefficient (Wildman–Crippen LogP) is 2.99. The smallest absolute Gasteiger partial charge is 0.228 e. The Morgan fingerprint density at radius 1 is 1.69 bits per heavy atom. The van der Waals surface area contributed by atoms with Gasteiger partial charge in [0.25, 0.3) is 0 Å². The standard InChI is InChI=1S/C11H10BrIN2O/c1-2-7-3-10(16)15(6-7)11-9(13)4-8(12)5-14-11/h2,4-5,7H,1,3,6H2. The summed E-state index contributed by atoms with van der Waals surface area (Å²) in [6.45, 7) is 4.42. The Kier molecular flexibility index (Phi) is 3.63. The van der Waals surface area contributed by atoms with Crippen LogP contribution in [0.1, 0.15) is 6.42 Å². The van der Waals surface area contributed by atoms with Crippen LogP contribution in [0.15, 0.2) is 29.4 Å². The van der Waals surface area contributed by atoms with Gasteiger partial charge >= 0.3 is 0 Å². The molecule has 1 amide bonds. The average Bonchev–Trinajstić information content (AvgIpc) is 2.60. The second kappa shape index (κ2) is 4.83. The molecule has 0 aromatic carbocycles. The Balaban J connectivity index is 2.31. The zero-order chi connectivity index (χ0) is 11.7. The van der Waals surface area contributed by atoms with Crippen LogP contribution in [-0.2, 0) is 4.79 Å². The highest BCUT2D eigenvalue weighted by atomic mass is 127. The minimum atomic E-state index is 0.123. The second-order valence-corrected chi connectivity index (χ2v) is 5.74. The number of anilines is 1. The van der Waals surface area contributed by atoms with E-state index in [9.17, 15) is 4.79 Å². The highest BCUT2D eigenvalue weighted by molar-refractivity contribution is 14.1. The number of hydrogen-bond acceptors (Lipinski definition) is 2. The van der Waals surface area contributed by atoms with Gasteiger partial charge in [-0.3, -0.25) is 9.69 Å². The Morgan fingerprint density at radius 2 is 2.44 bits per heavy atom. The molecule has 3 nitrogen and oxygen atoms in total. The molecule has 0 aliphatic carbocycles. The molecule has 1 atom stereocenters. The summed E-state index contributed by atoms with van der Waals surface area (Å²) < 4.78 is 1.90. The van der Waals surface area contributed by atoms with Crippen LogP contribution < -0.4 is 4.90 Å². The summed E-state index contributed by atoms with van der Waals surface area (Å²) in [4.78, 5) is 17.8. The summed E-state index contributed by atoms with van der Waals surface area (Å²) in [6, 6.07) is 1.96. The number of halogens is 2. The normalized spacial score (nSPS) is 20.2. The quantitative estimate of drug-likeness (QED) is 0.572. The van der Waals surface area contributed by atoms with Crippen molar-refractivity contribution < 1.29 is 4.79 Å². The molecule has 0 spiro atoms.